The zero-order valence-electron chi connectivity index (χ0n) is 16.8. The summed E-state index contributed by atoms with van der Waals surface area (Å²) >= 11 is 6.08. The predicted molar refractivity (Wildman–Crippen MR) is 115 cm³/mol. The molecule has 0 bridgehead atoms. The van der Waals surface area contributed by atoms with Gasteiger partial charge in [-0.2, -0.15) is 14.4 Å². The number of oxime groups is 1. The standard InChI is InChI=1S/C21H17ClFN5O4/c1-29-27-18(19-24-10-11-30-28-19)13-6-2-4-8-15(13)31-20-17(23)21(26-12-25-20)32-16-9-5-3-7-14(16)22/h2-9,12H,10-11H2,1H3,(H,24,28). The van der Waals surface area contributed by atoms with Gasteiger partial charge in [0.15, 0.2) is 11.5 Å². The van der Waals surface area contributed by atoms with Gasteiger partial charge in [-0.25, -0.2) is 5.48 Å². The van der Waals surface area contributed by atoms with E-state index in [1.807, 2.05) is 0 Å². The van der Waals surface area contributed by atoms with E-state index in [4.69, 9.17) is 30.7 Å². The zero-order valence-corrected chi connectivity index (χ0v) is 17.5. The van der Waals surface area contributed by atoms with Crippen LogP contribution in [-0.2, 0) is 9.68 Å². The van der Waals surface area contributed by atoms with Crippen molar-refractivity contribution in [3.05, 3.63) is 71.3 Å². The molecular weight excluding hydrogens is 441 g/mol. The van der Waals surface area contributed by atoms with E-state index in [1.165, 1.54) is 7.11 Å². The van der Waals surface area contributed by atoms with Crippen LogP contribution in [0.3, 0.4) is 0 Å². The van der Waals surface area contributed by atoms with Crippen LogP contribution in [0.1, 0.15) is 5.56 Å². The lowest BCUT2D eigenvalue weighted by Crippen LogP contribution is -2.37. The fraction of sp³-hybridized carbons (Fsp3) is 0.143. The Morgan fingerprint density at radius 2 is 1.75 bits per heavy atom. The monoisotopic (exact) mass is 457 g/mol. The molecule has 32 heavy (non-hydrogen) atoms. The van der Waals surface area contributed by atoms with Gasteiger partial charge in [0.2, 0.25) is 5.82 Å². The number of nitrogens with one attached hydrogen (secondary N) is 1. The van der Waals surface area contributed by atoms with E-state index in [2.05, 4.69) is 25.6 Å². The number of aromatic nitrogens is 2. The SMILES string of the molecule is CON=C(C1=NCCON1)c1ccccc1Oc1ncnc(Oc2ccccc2Cl)c1F. The Morgan fingerprint density at radius 1 is 1.06 bits per heavy atom. The van der Waals surface area contributed by atoms with E-state index in [0.29, 0.717) is 35.3 Å². The first-order valence-corrected chi connectivity index (χ1v) is 9.79. The molecule has 0 saturated heterocycles. The minimum Gasteiger partial charge on any atom is -0.436 e. The van der Waals surface area contributed by atoms with Crippen LogP contribution in [0.2, 0.25) is 5.02 Å². The largest absolute Gasteiger partial charge is 0.436 e. The summed E-state index contributed by atoms with van der Waals surface area (Å²) in [5.74, 6) is -0.739. The van der Waals surface area contributed by atoms with E-state index in [1.54, 1.807) is 48.5 Å². The molecule has 0 spiro atoms. The number of amidine groups is 1. The van der Waals surface area contributed by atoms with Crippen LogP contribution in [0.5, 0.6) is 23.3 Å². The van der Waals surface area contributed by atoms with Crippen molar-refractivity contribution in [1.82, 2.24) is 15.4 Å². The van der Waals surface area contributed by atoms with E-state index in [0.717, 1.165) is 6.33 Å². The minimum absolute atomic E-state index is 0.244. The van der Waals surface area contributed by atoms with Gasteiger partial charge in [-0.3, -0.25) is 9.83 Å². The molecule has 0 fully saturated rings. The Kier molecular flexibility index (Phi) is 6.73. The van der Waals surface area contributed by atoms with Crippen LogP contribution in [0.4, 0.5) is 4.39 Å². The van der Waals surface area contributed by atoms with Crippen molar-refractivity contribution in [2.75, 3.05) is 20.3 Å². The molecule has 164 valence electrons. The summed E-state index contributed by atoms with van der Waals surface area (Å²) in [6.07, 6.45) is 1.12. The van der Waals surface area contributed by atoms with Crippen LogP contribution < -0.4 is 15.0 Å². The van der Waals surface area contributed by atoms with E-state index >= 15 is 4.39 Å². The van der Waals surface area contributed by atoms with Crippen molar-refractivity contribution >= 4 is 23.1 Å². The van der Waals surface area contributed by atoms with Crippen molar-refractivity contribution in [3.63, 3.8) is 0 Å². The van der Waals surface area contributed by atoms with Gasteiger partial charge in [0.05, 0.1) is 23.7 Å². The third kappa shape index (κ3) is 4.76. The third-order valence-electron chi connectivity index (χ3n) is 4.16. The first kappa shape index (κ1) is 21.5. The number of halogens is 2. The van der Waals surface area contributed by atoms with Crippen molar-refractivity contribution in [1.29, 1.82) is 0 Å². The Balaban J connectivity index is 1.66. The molecule has 0 amide bonds. The Labute approximate surface area is 187 Å². The van der Waals surface area contributed by atoms with Crippen LogP contribution in [0.15, 0.2) is 65.0 Å². The van der Waals surface area contributed by atoms with Gasteiger partial charge >= 0.3 is 0 Å². The average Bonchev–Trinajstić information content (AvgIpc) is 2.82. The van der Waals surface area contributed by atoms with Crippen LogP contribution in [0.25, 0.3) is 0 Å². The van der Waals surface area contributed by atoms with Crippen molar-refractivity contribution in [3.8, 4) is 23.3 Å². The Bertz CT molecular complexity index is 1170. The molecule has 1 aromatic heterocycles. The zero-order chi connectivity index (χ0) is 22.3. The molecule has 0 atom stereocenters. The van der Waals surface area contributed by atoms with Crippen molar-refractivity contribution in [2.24, 2.45) is 10.1 Å². The van der Waals surface area contributed by atoms with Crippen LogP contribution >= 0.6 is 11.6 Å². The molecule has 2 aromatic carbocycles. The summed E-state index contributed by atoms with van der Waals surface area (Å²) < 4.78 is 26.4. The van der Waals surface area contributed by atoms with Crippen LogP contribution in [-0.4, -0.2) is 41.8 Å². The number of hydrogen-bond acceptors (Lipinski definition) is 9. The molecule has 0 aliphatic carbocycles. The van der Waals surface area contributed by atoms with Gasteiger partial charge in [-0.05, 0) is 24.3 Å². The molecule has 1 aliphatic rings. The summed E-state index contributed by atoms with van der Waals surface area (Å²) in [6, 6.07) is 13.5. The first-order valence-electron chi connectivity index (χ1n) is 9.41. The van der Waals surface area contributed by atoms with E-state index in [-0.39, 0.29) is 23.3 Å². The fourth-order valence-corrected chi connectivity index (χ4v) is 2.93. The maximum absolute atomic E-state index is 15.1. The predicted octanol–water partition coefficient (Wildman–Crippen LogP) is 4.14. The highest BCUT2D eigenvalue weighted by molar-refractivity contribution is 6.47. The lowest BCUT2D eigenvalue weighted by molar-refractivity contribution is 0.0836. The van der Waals surface area contributed by atoms with Gasteiger partial charge in [0, 0.05) is 0 Å². The molecular formula is C21H17ClFN5O4. The average molecular weight is 458 g/mol. The number of benzene rings is 2. The minimum atomic E-state index is -0.899. The van der Waals surface area contributed by atoms with E-state index in [9.17, 15) is 0 Å². The van der Waals surface area contributed by atoms with Crippen molar-refractivity contribution in [2.45, 2.75) is 0 Å². The van der Waals surface area contributed by atoms with Crippen LogP contribution in [0, 0.1) is 5.82 Å². The fourth-order valence-electron chi connectivity index (χ4n) is 2.76. The Morgan fingerprint density at radius 3 is 2.44 bits per heavy atom. The highest BCUT2D eigenvalue weighted by Gasteiger charge is 2.22. The normalized spacial score (nSPS) is 13.7. The van der Waals surface area contributed by atoms with Gasteiger partial charge in [-0.1, -0.05) is 41.0 Å². The lowest BCUT2D eigenvalue weighted by Gasteiger charge is -2.17. The molecule has 0 radical (unpaired) electrons. The summed E-state index contributed by atoms with van der Waals surface area (Å²) in [5, 5.41) is 4.33. The number of hydrogen-bond donors (Lipinski definition) is 1. The highest BCUT2D eigenvalue weighted by atomic mass is 35.5. The number of para-hydroxylation sites is 2. The second-order valence-electron chi connectivity index (χ2n) is 6.23. The third-order valence-corrected chi connectivity index (χ3v) is 4.47. The number of rotatable bonds is 7. The quantitative estimate of drug-likeness (QED) is 0.420. The number of nitrogens with zero attached hydrogens (tertiary/aromatic N) is 4. The van der Waals surface area contributed by atoms with Gasteiger partial charge in [-0.15, -0.1) is 0 Å². The molecule has 1 aliphatic heterocycles. The molecule has 4 rings (SSSR count). The molecule has 3 aromatic rings. The topological polar surface area (TPSA) is 99.5 Å². The molecule has 9 nitrogen and oxygen atoms in total. The highest BCUT2D eigenvalue weighted by Crippen LogP contribution is 2.33. The van der Waals surface area contributed by atoms with Gasteiger partial charge in [0.1, 0.15) is 24.9 Å². The van der Waals surface area contributed by atoms with Gasteiger partial charge < -0.3 is 14.3 Å². The summed E-state index contributed by atoms with van der Waals surface area (Å²) in [6.45, 7) is 0.861. The second kappa shape index (κ2) is 10.0. The second-order valence-corrected chi connectivity index (χ2v) is 6.64. The summed E-state index contributed by atoms with van der Waals surface area (Å²) in [7, 11) is 1.40. The Hall–Kier alpha value is -3.76. The van der Waals surface area contributed by atoms with E-state index < -0.39 is 5.82 Å². The number of ether oxygens (including phenoxy) is 2. The number of aliphatic imine (C=N–C) groups is 1. The molecule has 1 N–H and O–H groups in total. The molecule has 2 heterocycles. The lowest BCUT2D eigenvalue weighted by atomic mass is 10.1. The smallest absolute Gasteiger partial charge is 0.263 e. The van der Waals surface area contributed by atoms with Gasteiger partial charge in [0.25, 0.3) is 11.8 Å². The summed E-state index contributed by atoms with van der Waals surface area (Å²) in [5.41, 5.74) is 3.48. The maximum atomic E-state index is 15.1. The summed E-state index contributed by atoms with van der Waals surface area (Å²) in [4.78, 5) is 22.3. The first-order chi connectivity index (χ1) is 15.7. The number of hydroxylamine groups is 1. The van der Waals surface area contributed by atoms with Crippen molar-refractivity contribution < 1.29 is 23.5 Å². The molecule has 11 heteroatoms. The molecule has 0 unspecified atom stereocenters. The maximum Gasteiger partial charge on any atom is 0.263 e. The molecule has 0 saturated carbocycles.